The Labute approximate surface area is 171 Å². The van der Waals surface area contributed by atoms with E-state index >= 15 is 0 Å². The van der Waals surface area contributed by atoms with Gasteiger partial charge in [0.05, 0.1) is 17.0 Å². The molecular formula is C22H28FNO4S. The minimum Gasteiger partial charge on any atom is -0.441 e. The molecule has 1 aromatic carbocycles. The van der Waals surface area contributed by atoms with Crippen molar-refractivity contribution in [2.24, 2.45) is 17.8 Å². The number of hydrogen-bond acceptors (Lipinski definition) is 5. The van der Waals surface area contributed by atoms with Crippen LogP contribution < -0.4 is 0 Å². The topological polar surface area (TPSA) is 77.2 Å². The second kappa shape index (κ2) is 8.78. The van der Waals surface area contributed by atoms with Gasteiger partial charge in [0.1, 0.15) is 23.1 Å². The standard InChI is InChI=1S/C22H28FNO4S/c1-14-7-6-8-17(15(14)2)11-18(25)12-29(26,27)13-21-16(3)28-22(24-21)19-9-4-5-10-20(19)23/h4-5,9-10,14-15,17H,6-8,11-13H2,1-3H3. The van der Waals surface area contributed by atoms with Crippen LogP contribution in [-0.2, 0) is 20.4 Å². The van der Waals surface area contributed by atoms with E-state index in [0.29, 0.717) is 24.0 Å². The van der Waals surface area contributed by atoms with E-state index in [1.54, 1.807) is 19.1 Å². The molecule has 3 unspecified atom stereocenters. The second-order valence-corrected chi connectivity index (χ2v) is 10.4. The van der Waals surface area contributed by atoms with Crippen LogP contribution in [0.2, 0.25) is 0 Å². The minimum absolute atomic E-state index is 0.0437. The highest BCUT2D eigenvalue weighted by molar-refractivity contribution is 7.91. The maximum Gasteiger partial charge on any atom is 0.229 e. The molecule has 1 aromatic heterocycles. The number of nitrogens with zero attached hydrogens (tertiary/aromatic N) is 1. The van der Waals surface area contributed by atoms with Crippen molar-refractivity contribution in [1.82, 2.24) is 4.98 Å². The van der Waals surface area contributed by atoms with Crippen molar-refractivity contribution in [2.75, 3.05) is 5.75 Å². The molecule has 7 heteroatoms. The summed E-state index contributed by atoms with van der Waals surface area (Å²) >= 11 is 0. The SMILES string of the molecule is Cc1oc(-c2ccccc2F)nc1CS(=O)(=O)CC(=O)CC1CCCC(C)C1C. The molecule has 2 aromatic rings. The Balaban J connectivity index is 1.67. The molecule has 0 amide bonds. The molecular weight excluding hydrogens is 393 g/mol. The number of carbonyl (C=O) groups excluding carboxylic acids is 1. The predicted molar refractivity (Wildman–Crippen MR) is 109 cm³/mol. The molecule has 0 spiro atoms. The third-order valence-electron chi connectivity index (χ3n) is 6.10. The van der Waals surface area contributed by atoms with Crippen molar-refractivity contribution in [2.45, 2.75) is 52.2 Å². The van der Waals surface area contributed by atoms with Gasteiger partial charge in [-0.1, -0.05) is 38.8 Å². The zero-order valence-electron chi connectivity index (χ0n) is 17.2. The molecule has 1 saturated carbocycles. The molecule has 0 N–H and O–H groups in total. The lowest BCUT2D eigenvalue weighted by atomic mass is 9.72. The number of Topliss-reactive ketones (excluding diaryl/α,β-unsaturated/α-hetero) is 1. The number of oxazole rings is 1. The van der Waals surface area contributed by atoms with Crippen molar-refractivity contribution in [3.63, 3.8) is 0 Å². The number of hydrogen-bond donors (Lipinski definition) is 0. The maximum atomic E-state index is 13.9. The monoisotopic (exact) mass is 421 g/mol. The van der Waals surface area contributed by atoms with E-state index in [-0.39, 0.29) is 34.6 Å². The lowest BCUT2D eigenvalue weighted by Crippen LogP contribution is -2.28. The third kappa shape index (κ3) is 5.32. The Kier molecular flexibility index (Phi) is 6.56. The molecule has 3 rings (SSSR count). The van der Waals surface area contributed by atoms with Gasteiger partial charge < -0.3 is 4.42 Å². The largest absolute Gasteiger partial charge is 0.441 e. The molecule has 0 saturated heterocycles. The average Bonchev–Trinajstić information content (AvgIpc) is 2.98. The van der Waals surface area contributed by atoms with Crippen molar-refractivity contribution in [3.05, 3.63) is 41.5 Å². The van der Waals surface area contributed by atoms with E-state index in [2.05, 4.69) is 18.8 Å². The lowest BCUT2D eigenvalue weighted by Gasteiger charge is -2.33. The summed E-state index contributed by atoms with van der Waals surface area (Å²) < 4.78 is 44.6. The molecule has 3 atom stereocenters. The quantitative estimate of drug-likeness (QED) is 0.646. The summed E-state index contributed by atoms with van der Waals surface area (Å²) in [7, 11) is -3.68. The van der Waals surface area contributed by atoms with E-state index in [1.165, 1.54) is 18.6 Å². The summed E-state index contributed by atoms with van der Waals surface area (Å²) in [6.45, 7) is 5.94. The van der Waals surface area contributed by atoms with Crippen LogP contribution in [0, 0.1) is 30.5 Å². The number of sulfone groups is 1. The van der Waals surface area contributed by atoms with Crippen LogP contribution in [0.15, 0.2) is 28.7 Å². The first kappa shape index (κ1) is 21.7. The molecule has 0 aliphatic heterocycles. The van der Waals surface area contributed by atoms with Gasteiger partial charge >= 0.3 is 0 Å². The molecule has 0 bridgehead atoms. The Bertz CT molecular complexity index is 982. The van der Waals surface area contributed by atoms with Gasteiger partial charge in [-0.25, -0.2) is 17.8 Å². The first-order chi connectivity index (χ1) is 13.7. The van der Waals surface area contributed by atoms with Crippen LogP contribution in [0.5, 0.6) is 0 Å². The van der Waals surface area contributed by atoms with Gasteiger partial charge in [0, 0.05) is 6.42 Å². The number of aryl methyl sites for hydroxylation is 1. The van der Waals surface area contributed by atoms with Gasteiger partial charge in [-0.05, 0) is 43.2 Å². The molecule has 1 heterocycles. The Morgan fingerprint density at radius 3 is 2.69 bits per heavy atom. The Morgan fingerprint density at radius 1 is 1.24 bits per heavy atom. The third-order valence-corrected chi connectivity index (χ3v) is 7.57. The molecule has 158 valence electrons. The number of ketones is 1. The van der Waals surface area contributed by atoms with E-state index in [0.717, 1.165) is 12.8 Å². The van der Waals surface area contributed by atoms with E-state index in [4.69, 9.17) is 4.42 Å². The highest BCUT2D eigenvalue weighted by Crippen LogP contribution is 2.36. The Morgan fingerprint density at radius 2 is 1.97 bits per heavy atom. The van der Waals surface area contributed by atoms with Gasteiger partial charge in [-0.2, -0.15) is 0 Å². The Hall–Kier alpha value is -2.02. The maximum absolute atomic E-state index is 13.9. The highest BCUT2D eigenvalue weighted by Gasteiger charge is 2.30. The second-order valence-electron chi connectivity index (χ2n) is 8.30. The van der Waals surface area contributed by atoms with Gasteiger partial charge in [-0.15, -0.1) is 0 Å². The van der Waals surface area contributed by atoms with E-state index < -0.39 is 21.4 Å². The first-order valence-corrected chi connectivity index (χ1v) is 11.9. The fraction of sp³-hybridized carbons (Fsp3) is 0.545. The summed E-state index contributed by atoms with van der Waals surface area (Å²) in [4.78, 5) is 16.6. The van der Waals surface area contributed by atoms with Crippen molar-refractivity contribution in [3.8, 4) is 11.5 Å². The van der Waals surface area contributed by atoms with Crippen LogP contribution in [0.25, 0.3) is 11.5 Å². The van der Waals surface area contributed by atoms with E-state index in [1.807, 2.05) is 0 Å². The fourth-order valence-corrected chi connectivity index (χ4v) is 5.54. The predicted octanol–water partition coefficient (Wildman–Crippen LogP) is 4.74. The summed E-state index contributed by atoms with van der Waals surface area (Å²) in [5, 5.41) is 0. The number of halogens is 1. The molecule has 5 nitrogen and oxygen atoms in total. The van der Waals surface area contributed by atoms with Crippen molar-refractivity contribution < 1.29 is 22.0 Å². The zero-order chi connectivity index (χ0) is 21.2. The molecule has 1 aliphatic carbocycles. The van der Waals surface area contributed by atoms with E-state index in [9.17, 15) is 17.6 Å². The minimum atomic E-state index is -3.68. The zero-order valence-corrected chi connectivity index (χ0v) is 18.0. The van der Waals surface area contributed by atoms with Crippen LogP contribution in [-0.4, -0.2) is 24.9 Å². The summed E-state index contributed by atoms with van der Waals surface area (Å²) in [6.07, 6.45) is 3.54. The van der Waals surface area contributed by atoms with Crippen LogP contribution in [0.4, 0.5) is 4.39 Å². The van der Waals surface area contributed by atoms with Crippen LogP contribution in [0.3, 0.4) is 0 Å². The number of benzene rings is 1. The van der Waals surface area contributed by atoms with Crippen molar-refractivity contribution in [1.29, 1.82) is 0 Å². The van der Waals surface area contributed by atoms with Crippen LogP contribution in [0.1, 0.15) is 51.0 Å². The smallest absolute Gasteiger partial charge is 0.229 e. The summed E-state index contributed by atoms with van der Waals surface area (Å²) in [6, 6.07) is 6.02. The summed E-state index contributed by atoms with van der Waals surface area (Å²) in [5.41, 5.74) is 0.395. The van der Waals surface area contributed by atoms with Gasteiger partial charge in [-0.3, -0.25) is 4.79 Å². The molecule has 0 radical (unpaired) electrons. The highest BCUT2D eigenvalue weighted by atomic mass is 32.2. The van der Waals surface area contributed by atoms with Gasteiger partial charge in [0.25, 0.3) is 0 Å². The molecule has 29 heavy (non-hydrogen) atoms. The summed E-state index contributed by atoms with van der Waals surface area (Å²) in [5.74, 6) is -0.0191. The van der Waals surface area contributed by atoms with Gasteiger partial charge in [0.15, 0.2) is 9.84 Å². The van der Waals surface area contributed by atoms with Crippen LogP contribution >= 0.6 is 0 Å². The van der Waals surface area contributed by atoms with Crippen molar-refractivity contribution >= 4 is 15.6 Å². The lowest BCUT2D eigenvalue weighted by molar-refractivity contribution is -0.118. The normalized spacial score (nSPS) is 22.6. The molecule has 1 fully saturated rings. The number of aromatic nitrogens is 1. The average molecular weight is 422 g/mol. The van der Waals surface area contributed by atoms with Gasteiger partial charge in [0.2, 0.25) is 5.89 Å². The number of rotatable bonds is 7. The first-order valence-electron chi connectivity index (χ1n) is 10.1. The number of carbonyl (C=O) groups is 1. The fourth-order valence-electron chi connectivity index (χ4n) is 4.15. The molecule has 1 aliphatic rings.